The predicted octanol–water partition coefficient (Wildman–Crippen LogP) is 2.80. The summed E-state index contributed by atoms with van der Waals surface area (Å²) in [4.78, 5) is 10.5. The first kappa shape index (κ1) is 14.3. The summed E-state index contributed by atoms with van der Waals surface area (Å²) in [6, 6.07) is 5.50. The van der Waals surface area contributed by atoms with E-state index in [0.717, 1.165) is 27.4 Å². The molecule has 0 bridgehead atoms. The first-order valence-electron chi connectivity index (χ1n) is 5.84. The highest BCUT2D eigenvalue weighted by Crippen LogP contribution is 2.22. The highest BCUT2D eigenvalue weighted by Gasteiger charge is 2.06. The normalized spacial score (nSPS) is 10.9. The number of rotatable bonds is 5. The Morgan fingerprint density at radius 1 is 1.55 bits per heavy atom. The topological polar surface area (TPSA) is 64.3 Å². The Morgan fingerprint density at radius 2 is 2.35 bits per heavy atom. The van der Waals surface area contributed by atoms with Crippen molar-refractivity contribution in [1.82, 2.24) is 9.78 Å². The van der Waals surface area contributed by atoms with Crippen LogP contribution >= 0.6 is 15.9 Å². The fourth-order valence-corrected chi connectivity index (χ4v) is 2.12. The molecule has 20 heavy (non-hydrogen) atoms. The molecule has 1 aromatic heterocycles. The van der Waals surface area contributed by atoms with Crippen LogP contribution in [0.4, 0.5) is 0 Å². The minimum absolute atomic E-state index is 0.545. The molecule has 5 nitrogen and oxygen atoms in total. The van der Waals surface area contributed by atoms with Gasteiger partial charge in [-0.15, -0.1) is 0 Å². The zero-order valence-electron chi connectivity index (χ0n) is 10.8. The second-order valence-electron chi connectivity index (χ2n) is 4.10. The van der Waals surface area contributed by atoms with Gasteiger partial charge in [0.1, 0.15) is 5.75 Å². The van der Waals surface area contributed by atoms with Crippen LogP contribution in [0.2, 0.25) is 0 Å². The molecule has 0 unspecified atom stereocenters. The number of halogens is 1. The third kappa shape index (κ3) is 3.71. The summed E-state index contributed by atoms with van der Waals surface area (Å²) in [5, 5.41) is 12.8. The van der Waals surface area contributed by atoms with E-state index >= 15 is 0 Å². The van der Waals surface area contributed by atoms with Crippen molar-refractivity contribution in [3.8, 4) is 5.75 Å². The summed E-state index contributed by atoms with van der Waals surface area (Å²) < 4.78 is 7.98. The van der Waals surface area contributed by atoms with Crippen molar-refractivity contribution < 1.29 is 14.6 Å². The Kier molecular flexibility index (Phi) is 4.57. The van der Waals surface area contributed by atoms with E-state index in [1.165, 1.54) is 0 Å². The zero-order valence-corrected chi connectivity index (χ0v) is 12.4. The summed E-state index contributed by atoms with van der Waals surface area (Å²) in [6.45, 7) is 0.545. The number of hydrogen-bond acceptors (Lipinski definition) is 3. The number of hydrogen-bond donors (Lipinski definition) is 1. The van der Waals surface area contributed by atoms with Crippen LogP contribution in [-0.4, -0.2) is 28.0 Å². The van der Waals surface area contributed by atoms with Gasteiger partial charge in [-0.1, -0.05) is 6.07 Å². The number of aliphatic carboxylic acids is 1. The smallest absolute Gasteiger partial charge is 0.328 e. The van der Waals surface area contributed by atoms with Crippen LogP contribution in [0.15, 0.2) is 41.1 Å². The van der Waals surface area contributed by atoms with E-state index < -0.39 is 5.97 Å². The number of methoxy groups -OCH3 is 1. The summed E-state index contributed by atoms with van der Waals surface area (Å²) in [7, 11) is 1.60. The molecule has 1 aromatic carbocycles. The van der Waals surface area contributed by atoms with Gasteiger partial charge in [0.15, 0.2) is 0 Å². The number of nitrogens with zero attached hydrogens (tertiary/aromatic N) is 2. The fraction of sp³-hybridized carbons (Fsp3) is 0.143. The molecule has 2 rings (SSSR count). The van der Waals surface area contributed by atoms with Crippen LogP contribution in [0.25, 0.3) is 6.08 Å². The number of carboxylic acid groups (broad SMARTS) is 1. The second kappa shape index (κ2) is 6.38. The van der Waals surface area contributed by atoms with Crippen molar-refractivity contribution in [2.45, 2.75) is 6.54 Å². The number of carbonyl (C=O) groups is 1. The molecule has 0 atom stereocenters. The average molecular weight is 337 g/mol. The number of ether oxygens (including phenoxy) is 1. The molecule has 2 aromatic rings. The maximum atomic E-state index is 10.5. The van der Waals surface area contributed by atoms with Crippen LogP contribution in [0.3, 0.4) is 0 Å². The molecular formula is C14H13BrN2O3. The molecule has 0 saturated heterocycles. The van der Waals surface area contributed by atoms with E-state index in [1.807, 2.05) is 18.3 Å². The molecule has 0 spiro atoms. The average Bonchev–Trinajstić information content (AvgIpc) is 2.82. The fourth-order valence-electron chi connectivity index (χ4n) is 1.79. The molecule has 6 heteroatoms. The first-order valence-corrected chi connectivity index (χ1v) is 6.63. The van der Waals surface area contributed by atoms with E-state index in [2.05, 4.69) is 21.0 Å². The van der Waals surface area contributed by atoms with Gasteiger partial charge in [-0.2, -0.15) is 5.10 Å². The van der Waals surface area contributed by atoms with Gasteiger partial charge in [-0.3, -0.25) is 4.68 Å². The molecule has 104 valence electrons. The molecule has 0 aliphatic carbocycles. The number of carboxylic acids is 1. The van der Waals surface area contributed by atoms with Gasteiger partial charge in [0, 0.05) is 17.8 Å². The standard InChI is InChI=1S/C14H13BrN2O3/c1-20-13-4-2-10(3-5-14(18)19)6-11(13)8-17-9-12(15)7-16-17/h2-7,9H,8H2,1H3,(H,18,19)/b5-3+. The van der Waals surface area contributed by atoms with E-state index in [1.54, 1.807) is 30.1 Å². The Hall–Kier alpha value is -2.08. The van der Waals surface area contributed by atoms with E-state index in [-0.39, 0.29) is 0 Å². The quantitative estimate of drug-likeness (QED) is 0.852. The SMILES string of the molecule is COc1ccc(/C=C/C(=O)O)cc1Cn1cc(Br)cn1. The summed E-state index contributed by atoms with van der Waals surface area (Å²) in [5.74, 6) is -0.234. The van der Waals surface area contributed by atoms with Gasteiger partial charge in [0.25, 0.3) is 0 Å². The Bertz CT molecular complexity index is 650. The molecular weight excluding hydrogens is 324 g/mol. The Morgan fingerprint density at radius 3 is 2.95 bits per heavy atom. The zero-order chi connectivity index (χ0) is 14.5. The molecule has 0 saturated carbocycles. The van der Waals surface area contributed by atoms with E-state index in [4.69, 9.17) is 9.84 Å². The maximum absolute atomic E-state index is 10.5. The van der Waals surface area contributed by atoms with E-state index in [0.29, 0.717) is 6.54 Å². The van der Waals surface area contributed by atoms with Gasteiger partial charge in [0.05, 0.1) is 24.3 Å². The maximum Gasteiger partial charge on any atom is 0.328 e. The monoisotopic (exact) mass is 336 g/mol. The van der Waals surface area contributed by atoms with Gasteiger partial charge in [0.2, 0.25) is 0 Å². The molecule has 0 fully saturated rings. The minimum atomic E-state index is -0.974. The van der Waals surface area contributed by atoms with Gasteiger partial charge in [-0.25, -0.2) is 4.79 Å². The molecule has 0 radical (unpaired) electrons. The van der Waals surface area contributed by atoms with Crippen molar-refractivity contribution >= 4 is 28.0 Å². The Balaban J connectivity index is 2.29. The van der Waals surface area contributed by atoms with Crippen LogP contribution in [0.1, 0.15) is 11.1 Å². The van der Waals surface area contributed by atoms with Crippen LogP contribution in [0.5, 0.6) is 5.75 Å². The predicted molar refractivity (Wildman–Crippen MR) is 78.7 cm³/mol. The number of benzene rings is 1. The molecule has 0 aliphatic rings. The Labute approximate surface area is 124 Å². The van der Waals surface area contributed by atoms with Crippen molar-refractivity contribution in [2.75, 3.05) is 7.11 Å². The van der Waals surface area contributed by atoms with E-state index in [9.17, 15) is 4.79 Å². The minimum Gasteiger partial charge on any atom is -0.496 e. The third-order valence-electron chi connectivity index (χ3n) is 2.66. The lowest BCUT2D eigenvalue weighted by molar-refractivity contribution is -0.131. The molecule has 1 N–H and O–H groups in total. The third-order valence-corrected chi connectivity index (χ3v) is 3.07. The van der Waals surface area contributed by atoms with Crippen LogP contribution in [0, 0.1) is 0 Å². The van der Waals surface area contributed by atoms with Crippen molar-refractivity contribution in [3.63, 3.8) is 0 Å². The largest absolute Gasteiger partial charge is 0.496 e. The highest BCUT2D eigenvalue weighted by molar-refractivity contribution is 9.10. The number of aromatic nitrogens is 2. The molecule has 0 amide bonds. The van der Waals surface area contributed by atoms with Crippen molar-refractivity contribution in [3.05, 3.63) is 52.3 Å². The van der Waals surface area contributed by atoms with Gasteiger partial charge < -0.3 is 9.84 Å². The first-order chi connectivity index (χ1) is 9.58. The summed E-state index contributed by atoms with van der Waals surface area (Å²) in [6.07, 6.45) is 6.22. The summed E-state index contributed by atoms with van der Waals surface area (Å²) >= 11 is 3.35. The summed E-state index contributed by atoms with van der Waals surface area (Å²) in [5.41, 5.74) is 1.73. The lowest BCUT2D eigenvalue weighted by Gasteiger charge is -2.09. The van der Waals surface area contributed by atoms with Crippen molar-refractivity contribution in [1.29, 1.82) is 0 Å². The second-order valence-corrected chi connectivity index (χ2v) is 5.01. The van der Waals surface area contributed by atoms with Crippen LogP contribution < -0.4 is 4.74 Å². The molecule has 0 aliphatic heterocycles. The highest BCUT2D eigenvalue weighted by atomic mass is 79.9. The lowest BCUT2D eigenvalue weighted by Crippen LogP contribution is -2.02. The van der Waals surface area contributed by atoms with Crippen LogP contribution in [-0.2, 0) is 11.3 Å². The lowest BCUT2D eigenvalue weighted by atomic mass is 10.1. The van der Waals surface area contributed by atoms with Gasteiger partial charge >= 0.3 is 5.97 Å². The van der Waals surface area contributed by atoms with Gasteiger partial charge in [-0.05, 0) is 39.7 Å². The van der Waals surface area contributed by atoms with Crippen molar-refractivity contribution in [2.24, 2.45) is 0 Å². The molecule has 1 heterocycles.